The Balaban J connectivity index is 1.18. The molecule has 0 fully saturated rings. The molecule has 0 saturated carbocycles. The van der Waals surface area contributed by atoms with Crippen LogP contribution in [0.2, 0.25) is 0 Å². The molecule has 0 unspecified atom stereocenters. The zero-order valence-electron chi connectivity index (χ0n) is 29.1. The van der Waals surface area contributed by atoms with E-state index in [0.717, 1.165) is 11.1 Å². The normalized spacial score (nSPS) is 11.9. The fourth-order valence-electron chi connectivity index (χ4n) is 8.83. The van der Waals surface area contributed by atoms with Crippen molar-refractivity contribution in [3.63, 3.8) is 0 Å². The SMILES string of the molecule is Cc1cocc1-c1c2ccccc2c(-c2ccc3[se]c4c(-c5c6ccccc6c(-c6ccccc6)c6ccccc56)cccc4c3c2)c2ccccc12. The molecule has 0 atom stereocenters. The topological polar surface area (TPSA) is 13.1 Å². The first-order valence-electron chi connectivity index (χ1n) is 18.2. The number of fused-ring (bicyclic) bond motifs is 7. The van der Waals surface area contributed by atoms with E-state index in [9.17, 15) is 0 Å². The molecule has 2 heterocycles. The number of rotatable bonds is 4. The molecule has 1 nitrogen and oxygen atoms in total. The standard InChI is InChI=1S/C51H32OSe/c1-31-29-52-30-45(31)50-40-22-11-7-18-36(40)48(37-19-8-12-23-41(37)50)33-26-27-46-44(28-33)42-24-13-25-43(51(42)53-46)49-38-20-9-5-16-34(38)47(32-14-3-2-4-15-32)35-17-6-10-21-39(35)49/h2-30H,1H3. The number of hydrogen-bond acceptors (Lipinski definition) is 1. The first-order chi connectivity index (χ1) is 26.2. The van der Waals surface area contributed by atoms with Crippen molar-refractivity contribution in [2.45, 2.75) is 6.92 Å². The molecule has 11 aromatic rings. The molecule has 0 amide bonds. The molecule has 0 aliphatic heterocycles. The second kappa shape index (κ2) is 11.9. The van der Waals surface area contributed by atoms with Crippen molar-refractivity contribution >= 4 is 76.9 Å². The fraction of sp³-hybridized carbons (Fsp3) is 0.0196. The van der Waals surface area contributed by atoms with Crippen molar-refractivity contribution in [2.75, 3.05) is 0 Å². The second-order valence-electron chi connectivity index (χ2n) is 14.0. The summed E-state index contributed by atoms with van der Waals surface area (Å²) >= 11 is 0.160. The third-order valence-corrected chi connectivity index (χ3v) is 13.7. The monoisotopic (exact) mass is 740 g/mol. The van der Waals surface area contributed by atoms with Crippen LogP contribution in [0.25, 0.3) is 107 Å². The molecule has 11 rings (SSSR count). The van der Waals surface area contributed by atoms with Crippen molar-refractivity contribution in [3.8, 4) is 44.5 Å². The van der Waals surface area contributed by atoms with E-state index in [1.54, 1.807) is 0 Å². The van der Waals surface area contributed by atoms with Crippen molar-refractivity contribution < 1.29 is 4.42 Å². The minimum absolute atomic E-state index is 0.160. The van der Waals surface area contributed by atoms with Gasteiger partial charge in [-0.25, -0.2) is 0 Å². The summed E-state index contributed by atoms with van der Waals surface area (Å²) in [7, 11) is 0. The first kappa shape index (κ1) is 30.4. The second-order valence-corrected chi connectivity index (χ2v) is 16.2. The minimum atomic E-state index is 0.160. The number of benzene rings is 9. The zero-order chi connectivity index (χ0) is 35.0. The van der Waals surface area contributed by atoms with Gasteiger partial charge < -0.3 is 0 Å². The van der Waals surface area contributed by atoms with Gasteiger partial charge in [0.1, 0.15) is 0 Å². The summed E-state index contributed by atoms with van der Waals surface area (Å²) in [6.45, 7) is 2.13. The van der Waals surface area contributed by atoms with E-state index in [-0.39, 0.29) is 14.5 Å². The summed E-state index contributed by atoms with van der Waals surface area (Å²) in [5.74, 6) is 0. The van der Waals surface area contributed by atoms with E-state index < -0.39 is 0 Å². The van der Waals surface area contributed by atoms with Gasteiger partial charge in [0.15, 0.2) is 0 Å². The summed E-state index contributed by atoms with van der Waals surface area (Å²) < 4.78 is 8.62. The number of furan rings is 1. The van der Waals surface area contributed by atoms with Gasteiger partial charge in [0.25, 0.3) is 0 Å². The molecule has 0 aliphatic carbocycles. The van der Waals surface area contributed by atoms with E-state index in [1.165, 1.54) is 101 Å². The number of aryl methyl sites for hydroxylation is 1. The quantitative estimate of drug-likeness (QED) is 0.129. The third kappa shape index (κ3) is 4.57. The van der Waals surface area contributed by atoms with Gasteiger partial charge in [-0.2, -0.15) is 0 Å². The van der Waals surface area contributed by atoms with Gasteiger partial charge in [0.05, 0.1) is 0 Å². The van der Waals surface area contributed by atoms with E-state index in [4.69, 9.17) is 4.42 Å². The zero-order valence-corrected chi connectivity index (χ0v) is 30.8. The number of hydrogen-bond donors (Lipinski definition) is 0. The van der Waals surface area contributed by atoms with Crippen LogP contribution >= 0.6 is 0 Å². The van der Waals surface area contributed by atoms with Crippen LogP contribution in [0.1, 0.15) is 5.56 Å². The Labute approximate surface area is 313 Å². The van der Waals surface area contributed by atoms with Gasteiger partial charge in [0.2, 0.25) is 0 Å². The average Bonchev–Trinajstić information content (AvgIpc) is 3.82. The van der Waals surface area contributed by atoms with E-state index >= 15 is 0 Å². The molecule has 2 heteroatoms. The predicted octanol–water partition coefficient (Wildman–Crippen LogP) is 14.2. The molecule has 2 aromatic heterocycles. The predicted molar refractivity (Wildman–Crippen MR) is 227 cm³/mol. The summed E-state index contributed by atoms with van der Waals surface area (Å²) in [5.41, 5.74) is 11.3. The molecule has 0 spiro atoms. The maximum absolute atomic E-state index is 5.71. The van der Waals surface area contributed by atoms with Gasteiger partial charge in [-0.15, -0.1) is 0 Å². The van der Waals surface area contributed by atoms with Crippen LogP contribution in [-0.4, -0.2) is 14.5 Å². The molecule has 0 N–H and O–H groups in total. The van der Waals surface area contributed by atoms with Crippen LogP contribution in [0.15, 0.2) is 181 Å². The van der Waals surface area contributed by atoms with Crippen LogP contribution in [0.3, 0.4) is 0 Å². The third-order valence-electron chi connectivity index (χ3n) is 11.1. The maximum atomic E-state index is 5.71. The summed E-state index contributed by atoms with van der Waals surface area (Å²) in [5, 5.41) is 12.9. The summed E-state index contributed by atoms with van der Waals surface area (Å²) in [6, 6.07) is 60.8. The van der Waals surface area contributed by atoms with Crippen LogP contribution < -0.4 is 0 Å². The summed E-state index contributed by atoms with van der Waals surface area (Å²) in [6.07, 6.45) is 3.75. The van der Waals surface area contributed by atoms with Crippen LogP contribution in [-0.2, 0) is 0 Å². The average molecular weight is 740 g/mol. The fourth-order valence-corrected chi connectivity index (χ4v) is 11.4. The molecule has 53 heavy (non-hydrogen) atoms. The first-order valence-corrected chi connectivity index (χ1v) is 19.9. The Bertz CT molecular complexity index is 3120. The van der Waals surface area contributed by atoms with E-state index in [0.29, 0.717) is 0 Å². The Kier molecular flexibility index (Phi) is 6.86. The van der Waals surface area contributed by atoms with Crippen molar-refractivity contribution in [3.05, 3.63) is 182 Å². The molecule has 0 radical (unpaired) electrons. The molecule has 0 aliphatic rings. The molecular weight excluding hydrogens is 708 g/mol. The van der Waals surface area contributed by atoms with E-state index in [2.05, 4.69) is 171 Å². The van der Waals surface area contributed by atoms with E-state index in [1.807, 2.05) is 12.5 Å². The van der Waals surface area contributed by atoms with Crippen LogP contribution in [0, 0.1) is 6.92 Å². The molecule has 0 saturated heterocycles. The Hall–Kier alpha value is -6.18. The van der Waals surface area contributed by atoms with Crippen LogP contribution in [0.5, 0.6) is 0 Å². The van der Waals surface area contributed by atoms with Crippen molar-refractivity contribution in [2.24, 2.45) is 0 Å². The molecular formula is C51H32OSe. The van der Waals surface area contributed by atoms with Crippen molar-refractivity contribution in [1.29, 1.82) is 0 Å². The Morgan fingerprint density at radius 1 is 0.358 bits per heavy atom. The van der Waals surface area contributed by atoms with Crippen LogP contribution in [0.4, 0.5) is 0 Å². The summed E-state index contributed by atoms with van der Waals surface area (Å²) in [4.78, 5) is 0. The molecule has 248 valence electrons. The van der Waals surface area contributed by atoms with Crippen molar-refractivity contribution in [1.82, 2.24) is 0 Å². The van der Waals surface area contributed by atoms with Gasteiger partial charge in [-0.3, -0.25) is 0 Å². The van der Waals surface area contributed by atoms with Gasteiger partial charge in [-0.05, 0) is 0 Å². The van der Waals surface area contributed by atoms with Gasteiger partial charge >= 0.3 is 315 Å². The Morgan fingerprint density at radius 2 is 0.830 bits per heavy atom. The molecule has 9 aromatic carbocycles. The van der Waals surface area contributed by atoms with Gasteiger partial charge in [-0.1, -0.05) is 0 Å². The Morgan fingerprint density at radius 3 is 1.36 bits per heavy atom. The molecule has 0 bridgehead atoms. The van der Waals surface area contributed by atoms with Gasteiger partial charge in [0, 0.05) is 0 Å².